The first kappa shape index (κ1) is 58.9. The van der Waals surface area contributed by atoms with Crippen LogP contribution < -0.4 is 80.4 Å². The van der Waals surface area contributed by atoms with Crippen LogP contribution in [0.1, 0.15) is 169 Å². The first-order valence-electron chi connectivity index (χ1n) is 19.8. The third-order valence-corrected chi connectivity index (χ3v) is 11.8. The molecule has 0 aliphatic carbocycles. The van der Waals surface area contributed by atoms with Gasteiger partial charge < -0.3 is 30.0 Å². The molecule has 4 unspecified atom stereocenters. The molecule has 310 valence electrons. The number of amides is 2. The minimum atomic E-state index is -5.16. The van der Waals surface area contributed by atoms with Gasteiger partial charge in [0.25, 0.3) is 0 Å². The molecule has 0 aromatic rings. The Balaban J connectivity index is -0.0000130. The second kappa shape index (κ2) is 34.5. The Morgan fingerprint density at radius 1 is 0.574 bits per heavy atom. The van der Waals surface area contributed by atoms with Gasteiger partial charge in [-0.25, -0.2) is 16.8 Å². The maximum absolute atomic E-state index is 12.7. The second-order valence-corrected chi connectivity index (χ2v) is 17.5. The molecular formula is C36H72N4Na2O10S2. The van der Waals surface area contributed by atoms with E-state index in [0.717, 1.165) is 52.4 Å². The predicted molar refractivity (Wildman–Crippen MR) is 203 cm³/mol. The van der Waals surface area contributed by atoms with Crippen LogP contribution in [0.4, 0.5) is 0 Å². The van der Waals surface area contributed by atoms with Gasteiger partial charge in [-0.1, -0.05) is 117 Å². The topological polar surface area (TPSA) is 237 Å². The zero-order valence-corrected chi connectivity index (χ0v) is 40.1. The van der Waals surface area contributed by atoms with Gasteiger partial charge in [0.15, 0.2) is 0 Å². The molecule has 4 atom stereocenters. The fourth-order valence-electron chi connectivity index (χ4n) is 6.29. The molecule has 0 saturated carbocycles. The van der Waals surface area contributed by atoms with E-state index in [2.05, 4.69) is 35.1 Å². The predicted octanol–water partition coefficient (Wildman–Crippen LogP) is -1.73. The molecule has 0 spiro atoms. The van der Waals surface area contributed by atoms with Gasteiger partial charge in [0, 0.05) is 38.0 Å². The van der Waals surface area contributed by atoms with Gasteiger partial charge in [-0.3, -0.25) is 20.2 Å². The number of hydrogen-bond donors (Lipinski definition) is 6. The largest absolute Gasteiger partial charge is 1.00 e. The molecule has 14 nitrogen and oxygen atoms in total. The molecule has 0 rings (SSSR count). The van der Waals surface area contributed by atoms with Gasteiger partial charge in [0.05, 0.1) is 12.2 Å². The number of rotatable bonds is 35. The van der Waals surface area contributed by atoms with Crippen LogP contribution >= 0.6 is 0 Å². The van der Waals surface area contributed by atoms with Gasteiger partial charge in [-0.15, -0.1) is 0 Å². The Bertz CT molecular complexity index is 1130. The molecule has 54 heavy (non-hydrogen) atoms. The summed E-state index contributed by atoms with van der Waals surface area (Å²) in [5, 5.41) is 27.0. The SMILES string of the molecule is CCCCCCCCCCCC(=O)NCCC(CCNC(=O)CCCCCCCCCCC)(CNC(C(C)O)S(=O)(=O)[O-])NC(C(C)O)S(=O)(=O)[O-].[Na+].[Na+]. The molecule has 0 bridgehead atoms. The van der Waals surface area contributed by atoms with E-state index < -0.39 is 55.3 Å². The number of unbranched alkanes of at least 4 members (excludes halogenated alkanes) is 16. The van der Waals surface area contributed by atoms with Crippen LogP contribution in [0.2, 0.25) is 0 Å². The van der Waals surface area contributed by atoms with E-state index >= 15 is 0 Å². The van der Waals surface area contributed by atoms with Crippen LogP contribution in [0.3, 0.4) is 0 Å². The van der Waals surface area contributed by atoms with E-state index in [1.54, 1.807) is 0 Å². The Labute approximate surface area is 372 Å². The van der Waals surface area contributed by atoms with Crippen LogP contribution in [-0.2, 0) is 29.8 Å². The van der Waals surface area contributed by atoms with Crippen molar-refractivity contribution >= 4 is 32.1 Å². The summed E-state index contributed by atoms with van der Waals surface area (Å²) >= 11 is 0. The monoisotopic (exact) mass is 830 g/mol. The molecule has 0 aliphatic heterocycles. The number of nitrogens with one attached hydrogen (secondary N) is 4. The first-order chi connectivity index (χ1) is 24.5. The van der Waals surface area contributed by atoms with E-state index in [-0.39, 0.29) is 110 Å². The van der Waals surface area contributed by atoms with Crippen molar-refractivity contribution in [2.75, 3.05) is 19.6 Å². The van der Waals surface area contributed by atoms with Crippen molar-refractivity contribution in [1.29, 1.82) is 0 Å². The van der Waals surface area contributed by atoms with E-state index in [9.17, 15) is 45.7 Å². The van der Waals surface area contributed by atoms with Crippen LogP contribution in [0, 0.1) is 0 Å². The quantitative estimate of drug-likeness (QED) is 0.0238. The minimum Gasteiger partial charge on any atom is -0.747 e. The Morgan fingerprint density at radius 3 is 1.19 bits per heavy atom. The van der Waals surface area contributed by atoms with Crippen molar-refractivity contribution in [2.45, 2.75) is 197 Å². The Hall–Kier alpha value is 0.600. The molecule has 6 N–H and O–H groups in total. The molecule has 2 amide bonds. The van der Waals surface area contributed by atoms with E-state index in [1.165, 1.54) is 64.2 Å². The molecule has 0 aromatic heterocycles. The zero-order chi connectivity index (χ0) is 39.5. The zero-order valence-electron chi connectivity index (χ0n) is 34.5. The molecule has 18 heteroatoms. The maximum atomic E-state index is 12.7. The first-order valence-corrected chi connectivity index (χ1v) is 22.7. The van der Waals surface area contributed by atoms with E-state index in [1.807, 2.05) is 0 Å². The average Bonchev–Trinajstić information content (AvgIpc) is 3.04. The fourth-order valence-corrected chi connectivity index (χ4v) is 7.94. The summed E-state index contributed by atoms with van der Waals surface area (Å²) in [5.74, 6) is -0.488. The van der Waals surface area contributed by atoms with Crippen LogP contribution in [0.25, 0.3) is 0 Å². The number of aliphatic hydroxyl groups is 2. The second-order valence-electron chi connectivity index (χ2n) is 14.5. The third-order valence-electron chi connectivity index (χ3n) is 9.45. The minimum absolute atomic E-state index is 0. The van der Waals surface area contributed by atoms with Crippen molar-refractivity contribution in [2.24, 2.45) is 0 Å². The summed E-state index contributed by atoms with van der Waals surface area (Å²) in [5.41, 5.74) is -1.55. The standard InChI is InChI=1S/C36H74N4O10S2.2Na/c1-5-7-9-11-13-15-17-19-21-23-32(43)37-27-25-36(40-35(31(4)42)52(48,49)50,29-39-34(30(3)41)51(45,46)47)26-28-38-33(44)24-22-20-18-16-14-12-10-8-6-2;;/h30-31,34-35,39-42H,5-29H2,1-4H3,(H,37,43)(H,38,44)(H,45,46,47)(H,48,49,50);;/q;2*+1/p-2. The Kier molecular flexibility index (Phi) is 37.6. The summed E-state index contributed by atoms with van der Waals surface area (Å²) < 4.78 is 72.5. The normalized spacial score (nSPS) is 14.3. The maximum Gasteiger partial charge on any atom is 1.00 e. The smallest absolute Gasteiger partial charge is 0.747 e. The summed E-state index contributed by atoms with van der Waals surface area (Å²) in [4.78, 5) is 25.4. The number of carbonyl (C=O) groups excluding carboxylic acids is 2. The molecule has 0 fully saturated rings. The Morgan fingerprint density at radius 2 is 0.889 bits per heavy atom. The summed E-state index contributed by atoms with van der Waals surface area (Å²) in [6.07, 6.45) is 16.6. The van der Waals surface area contributed by atoms with E-state index in [4.69, 9.17) is 0 Å². The molecule has 0 radical (unpaired) electrons. The van der Waals surface area contributed by atoms with Crippen LogP contribution in [-0.4, -0.2) is 96.1 Å². The number of hydrogen-bond acceptors (Lipinski definition) is 12. The molecule has 0 aliphatic rings. The fraction of sp³-hybridized carbons (Fsp3) is 0.944. The summed E-state index contributed by atoms with van der Waals surface area (Å²) in [6.45, 7) is 6.02. The van der Waals surface area contributed by atoms with Crippen LogP contribution in [0.5, 0.6) is 0 Å². The summed E-state index contributed by atoms with van der Waals surface area (Å²) in [6, 6.07) is 0. The number of carbonyl (C=O) groups is 2. The molecule has 0 heterocycles. The molecule has 0 aromatic carbocycles. The van der Waals surface area contributed by atoms with Crippen molar-refractivity contribution in [1.82, 2.24) is 21.3 Å². The average molecular weight is 831 g/mol. The summed E-state index contributed by atoms with van der Waals surface area (Å²) in [7, 11) is -10.2. The van der Waals surface area contributed by atoms with Crippen molar-refractivity contribution in [3.63, 3.8) is 0 Å². The van der Waals surface area contributed by atoms with Gasteiger partial charge in [0.1, 0.15) is 31.0 Å². The van der Waals surface area contributed by atoms with Gasteiger partial charge in [0.2, 0.25) is 11.8 Å². The van der Waals surface area contributed by atoms with Crippen molar-refractivity contribution in [3.8, 4) is 0 Å². The molecular weight excluding hydrogens is 759 g/mol. The van der Waals surface area contributed by atoms with Crippen molar-refractivity contribution < 1.29 is 105 Å². The van der Waals surface area contributed by atoms with E-state index in [0.29, 0.717) is 12.8 Å². The van der Waals surface area contributed by atoms with Gasteiger partial charge >= 0.3 is 59.1 Å². The van der Waals surface area contributed by atoms with Gasteiger partial charge in [-0.2, -0.15) is 0 Å². The van der Waals surface area contributed by atoms with Gasteiger partial charge in [-0.05, 0) is 39.5 Å². The van der Waals surface area contributed by atoms with Crippen LogP contribution in [0.15, 0.2) is 0 Å². The third kappa shape index (κ3) is 30.6. The van der Waals surface area contributed by atoms with Crippen molar-refractivity contribution in [3.05, 3.63) is 0 Å². The number of aliphatic hydroxyl groups excluding tert-OH is 2. The molecule has 0 saturated heterocycles.